The molecule has 7 heteroatoms. The number of piperazine rings is 1. The average molecular weight is 333 g/mol. The van der Waals surface area contributed by atoms with E-state index >= 15 is 0 Å². The molecule has 0 atom stereocenters. The highest BCUT2D eigenvalue weighted by atomic mass is 32.1. The van der Waals surface area contributed by atoms with Crippen LogP contribution in [0.15, 0.2) is 6.33 Å². The monoisotopic (exact) mass is 333 g/mol. The SMILES string of the molecule is Cc1sc2ncnc(N3CCN(CC(=O)N(C)C)CC3)c2c1C. The zero-order chi connectivity index (χ0) is 16.6. The fraction of sp³-hybridized carbons (Fsp3) is 0.562. The summed E-state index contributed by atoms with van der Waals surface area (Å²) in [7, 11) is 3.61. The number of likely N-dealkylation sites (N-methyl/N-ethyl adjacent to an activating group) is 1. The third-order valence-corrected chi connectivity index (χ3v) is 5.59. The van der Waals surface area contributed by atoms with Crippen LogP contribution in [0.2, 0.25) is 0 Å². The summed E-state index contributed by atoms with van der Waals surface area (Å²) in [4.78, 5) is 29.3. The third kappa shape index (κ3) is 3.16. The summed E-state index contributed by atoms with van der Waals surface area (Å²) >= 11 is 1.73. The van der Waals surface area contributed by atoms with Crippen molar-refractivity contribution in [3.63, 3.8) is 0 Å². The Kier molecular flexibility index (Phi) is 4.50. The van der Waals surface area contributed by atoms with E-state index in [1.165, 1.54) is 15.8 Å². The van der Waals surface area contributed by atoms with E-state index in [0.717, 1.165) is 36.8 Å². The van der Waals surface area contributed by atoms with Gasteiger partial charge in [-0.25, -0.2) is 9.97 Å². The summed E-state index contributed by atoms with van der Waals surface area (Å²) in [6.45, 7) is 8.32. The fourth-order valence-electron chi connectivity index (χ4n) is 2.85. The van der Waals surface area contributed by atoms with Gasteiger partial charge in [0.1, 0.15) is 17.0 Å². The Balaban J connectivity index is 1.74. The Morgan fingerprint density at radius 1 is 1.22 bits per heavy atom. The standard InChI is InChI=1S/C16H23N5OS/c1-11-12(2)23-16-14(11)15(17-10-18-16)21-7-5-20(6-8-21)9-13(22)19(3)4/h10H,5-9H2,1-4H3. The topological polar surface area (TPSA) is 52.6 Å². The van der Waals surface area contributed by atoms with Crippen LogP contribution in [0.25, 0.3) is 10.2 Å². The van der Waals surface area contributed by atoms with Crippen LogP contribution in [0.5, 0.6) is 0 Å². The Labute approximate surface area is 140 Å². The lowest BCUT2D eigenvalue weighted by Gasteiger charge is -2.35. The predicted octanol–water partition coefficient (Wildman–Crippen LogP) is 1.52. The molecule has 23 heavy (non-hydrogen) atoms. The van der Waals surface area contributed by atoms with Crippen molar-refractivity contribution in [2.24, 2.45) is 0 Å². The lowest BCUT2D eigenvalue weighted by molar-refractivity contribution is -0.129. The highest BCUT2D eigenvalue weighted by Crippen LogP contribution is 2.34. The van der Waals surface area contributed by atoms with Gasteiger partial charge in [-0.2, -0.15) is 0 Å². The molecule has 3 heterocycles. The van der Waals surface area contributed by atoms with Crippen molar-refractivity contribution in [3.05, 3.63) is 16.8 Å². The first kappa shape index (κ1) is 16.1. The van der Waals surface area contributed by atoms with Crippen LogP contribution in [0.3, 0.4) is 0 Å². The van der Waals surface area contributed by atoms with Crippen LogP contribution in [0.4, 0.5) is 5.82 Å². The zero-order valence-electron chi connectivity index (χ0n) is 14.2. The largest absolute Gasteiger partial charge is 0.353 e. The molecule has 0 spiro atoms. The number of carbonyl (C=O) groups is 1. The highest BCUT2D eigenvalue weighted by Gasteiger charge is 2.23. The number of hydrogen-bond acceptors (Lipinski definition) is 6. The van der Waals surface area contributed by atoms with Crippen LogP contribution >= 0.6 is 11.3 Å². The minimum Gasteiger partial charge on any atom is -0.353 e. The number of hydrogen-bond donors (Lipinski definition) is 0. The minimum absolute atomic E-state index is 0.159. The second-order valence-electron chi connectivity index (χ2n) is 6.21. The summed E-state index contributed by atoms with van der Waals surface area (Å²) in [6, 6.07) is 0. The molecule has 0 saturated carbocycles. The number of fused-ring (bicyclic) bond motifs is 1. The van der Waals surface area contributed by atoms with Gasteiger partial charge in [-0.15, -0.1) is 11.3 Å². The van der Waals surface area contributed by atoms with Crippen molar-refractivity contribution in [1.29, 1.82) is 0 Å². The number of aromatic nitrogens is 2. The van der Waals surface area contributed by atoms with Gasteiger partial charge in [0.2, 0.25) is 5.91 Å². The summed E-state index contributed by atoms with van der Waals surface area (Å²) in [5.74, 6) is 1.20. The van der Waals surface area contributed by atoms with E-state index in [1.807, 2.05) is 0 Å². The van der Waals surface area contributed by atoms with Crippen molar-refractivity contribution in [2.45, 2.75) is 13.8 Å². The van der Waals surface area contributed by atoms with E-state index in [0.29, 0.717) is 6.54 Å². The number of carbonyl (C=O) groups excluding carboxylic acids is 1. The van der Waals surface area contributed by atoms with E-state index in [9.17, 15) is 4.79 Å². The van der Waals surface area contributed by atoms with Gasteiger partial charge in [0, 0.05) is 45.2 Å². The molecule has 0 unspecified atom stereocenters. The molecule has 0 aliphatic carbocycles. The van der Waals surface area contributed by atoms with Crippen molar-refractivity contribution in [1.82, 2.24) is 19.8 Å². The van der Waals surface area contributed by atoms with Gasteiger partial charge in [0.15, 0.2) is 0 Å². The van der Waals surface area contributed by atoms with Gasteiger partial charge in [-0.05, 0) is 19.4 Å². The van der Waals surface area contributed by atoms with Crippen molar-refractivity contribution >= 4 is 33.3 Å². The quantitative estimate of drug-likeness (QED) is 0.852. The molecule has 3 rings (SSSR count). The van der Waals surface area contributed by atoms with Gasteiger partial charge in [-0.1, -0.05) is 0 Å². The molecule has 0 N–H and O–H groups in total. The third-order valence-electron chi connectivity index (χ3n) is 4.47. The molecule has 1 fully saturated rings. The minimum atomic E-state index is 0.159. The first-order chi connectivity index (χ1) is 11.0. The first-order valence-electron chi connectivity index (χ1n) is 7.85. The van der Waals surface area contributed by atoms with Gasteiger partial charge >= 0.3 is 0 Å². The molecule has 2 aromatic heterocycles. The summed E-state index contributed by atoms with van der Waals surface area (Å²) in [5.41, 5.74) is 1.28. The zero-order valence-corrected chi connectivity index (χ0v) is 15.0. The Morgan fingerprint density at radius 3 is 2.57 bits per heavy atom. The number of aryl methyl sites for hydroxylation is 2. The summed E-state index contributed by atoms with van der Waals surface area (Å²) in [6.07, 6.45) is 1.66. The number of nitrogens with zero attached hydrogens (tertiary/aromatic N) is 5. The maximum absolute atomic E-state index is 11.8. The number of rotatable bonds is 3. The molecule has 2 aromatic rings. The number of anilines is 1. The van der Waals surface area contributed by atoms with Gasteiger partial charge < -0.3 is 9.80 Å². The Hall–Kier alpha value is -1.73. The summed E-state index contributed by atoms with van der Waals surface area (Å²) < 4.78 is 0. The van der Waals surface area contributed by atoms with Gasteiger partial charge in [-0.3, -0.25) is 9.69 Å². The number of thiophene rings is 1. The maximum atomic E-state index is 11.8. The predicted molar refractivity (Wildman–Crippen MR) is 94.2 cm³/mol. The molecule has 1 aliphatic heterocycles. The molecule has 0 radical (unpaired) electrons. The van der Waals surface area contributed by atoms with Crippen LogP contribution in [0, 0.1) is 13.8 Å². The Bertz CT molecular complexity index is 719. The van der Waals surface area contributed by atoms with Gasteiger partial charge in [0.25, 0.3) is 0 Å². The number of amides is 1. The van der Waals surface area contributed by atoms with E-state index in [1.54, 1.807) is 36.7 Å². The molecule has 6 nitrogen and oxygen atoms in total. The molecular formula is C16H23N5OS. The maximum Gasteiger partial charge on any atom is 0.236 e. The lowest BCUT2D eigenvalue weighted by Crippen LogP contribution is -2.49. The Morgan fingerprint density at radius 2 is 1.91 bits per heavy atom. The normalized spacial score (nSPS) is 16.1. The second kappa shape index (κ2) is 6.41. The highest BCUT2D eigenvalue weighted by molar-refractivity contribution is 7.18. The molecule has 1 saturated heterocycles. The van der Waals surface area contributed by atoms with Crippen LogP contribution in [-0.2, 0) is 4.79 Å². The van der Waals surface area contributed by atoms with Crippen LogP contribution in [0.1, 0.15) is 10.4 Å². The average Bonchev–Trinajstić information content (AvgIpc) is 2.83. The van der Waals surface area contributed by atoms with Crippen LogP contribution < -0.4 is 4.90 Å². The fourth-order valence-corrected chi connectivity index (χ4v) is 3.85. The van der Waals surface area contributed by atoms with E-state index in [2.05, 4.69) is 33.6 Å². The summed E-state index contributed by atoms with van der Waals surface area (Å²) in [5, 5.41) is 1.19. The first-order valence-corrected chi connectivity index (χ1v) is 8.67. The van der Waals surface area contributed by atoms with Crippen molar-refractivity contribution in [2.75, 3.05) is 51.7 Å². The van der Waals surface area contributed by atoms with Crippen LogP contribution in [-0.4, -0.2) is 72.5 Å². The molecule has 124 valence electrons. The molecule has 1 amide bonds. The molecule has 0 aromatic carbocycles. The molecule has 0 bridgehead atoms. The van der Waals surface area contributed by atoms with E-state index < -0.39 is 0 Å². The molecular weight excluding hydrogens is 310 g/mol. The van der Waals surface area contributed by atoms with Gasteiger partial charge in [0.05, 0.1) is 11.9 Å². The smallest absolute Gasteiger partial charge is 0.236 e. The van der Waals surface area contributed by atoms with Crippen molar-refractivity contribution in [3.8, 4) is 0 Å². The van der Waals surface area contributed by atoms with E-state index in [4.69, 9.17) is 0 Å². The lowest BCUT2D eigenvalue weighted by atomic mass is 10.2. The van der Waals surface area contributed by atoms with E-state index in [-0.39, 0.29) is 5.91 Å². The van der Waals surface area contributed by atoms with Crippen molar-refractivity contribution < 1.29 is 4.79 Å². The second-order valence-corrected chi connectivity index (χ2v) is 7.42. The molecule has 1 aliphatic rings.